The molecule has 1 aromatic heterocycles. The van der Waals surface area contributed by atoms with Crippen LogP contribution >= 0.6 is 0 Å². The van der Waals surface area contributed by atoms with Crippen LogP contribution in [0.4, 0.5) is 5.69 Å². The highest BCUT2D eigenvalue weighted by atomic mass is 15.1. The fourth-order valence-electron chi connectivity index (χ4n) is 2.42. The Kier molecular flexibility index (Phi) is 3.55. The van der Waals surface area contributed by atoms with E-state index in [2.05, 4.69) is 23.7 Å². The fraction of sp³-hybridized carbons (Fsp3) is 0.571. The smallest absolute Gasteiger partial charge is 0.141 e. The minimum Gasteiger partial charge on any atom is -0.382 e. The molecule has 4 nitrogen and oxygen atoms in total. The van der Waals surface area contributed by atoms with Crippen LogP contribution in [-0.2, 0) is 0 Å². The summed E-state index contributed by atoms with van der Waals surface area (Å²) in [4.78, 5) is 6.47. The molecule has 98 valence electrons. The zero-order valence-corrected chi connectivity index (χ0v) is 11.2. The summed E-state index contributed by atoms with van der Waals surface area (Å²) < 4.78 is 0. The molecule has 0 saturated carbocycles. The Bertz CT molecular complexity index is 433. The zero-order valence-electron chi connectivity index (χ0n) is 11.2. The van der Waals surface area contributed by atoms with Crippen molar-refractivity contribution < 1.29 is 0 Å². The van der Waals surface area contributed by atoms with E-state index in [9.17, 15) is 0 Å². The van der Waals surface area contributed by atoms with Crippen LogP contribution in [0.15, 0.2) is 18.3 Å². The van der Waals surface area contributed by atoms with Crippen LogP contribution < -0.4 is 10.6 Å². The average Bonchev–Trinajstić information content (AvgIpc) is 2.40. The quantitative estimate of drug-likeness (QED) is 0.635. The Balaban J connectivity index is 2.10. The lowest BCUT2D eigenvalue weighted by Crippen LogP contribution is -2.38. The van der Waals surface area contributed by atoms with Gasteiger partial charge in [0.15, 0.2) is 0 Å². The Hall–Kier alpha value is -1.58. The van der Waals surface area contributed by atoms with E-state index < -0.39 is 0 Å². The van der Waals surface area contributed by atoms with Crippen LogP contribution in [0.3, 0.4) is 0 Å². The van der Waals surface area contributed by atoms with Crippen LogP contribution in [-0.4, -0.2) is 23.9 Å². The summed E-state index contributed by atoms with van der Waals surface area (Å²) in [7, 11) is 0. The van der Waals surface area contributed by atoms with Crippen molar-refractivity contribution >= 4 is 11.5 Å². The molecule has 0 unspecified atom stereocenters. The van der Waals surface area contributed by atoms with Gasteiger partial charge in [-0.25, -0.2) is 0 Å². The third-order valence-corrected chi connectivity index (χ3v) is 4.21. The highest BCUT2D eigenvalue weighted by molar-refractivity contribution is 5.93. The average molecular weight is 246 g/mol. The summed E-state index contributed by atoms with van der Waals surface area (Å²) in [5, 5.41) is 7.44. The van der Waals surface area contributed by atoms with Crippen molar-refractivity contribution in [2.45, 2.75) is 33.1 Å². The van der Waals surface area contributed by atoms with E-state index in [4.69, 9.17) is 11.1 Å². The molecule has 2 heterocycles. The molecule has 3 N–H and O–H groups in total. The van der Waals surface area contributed by atoms with E-state index in [-0.39, 0.29) is 5.84 Å². The summed E-state index contributed by atoms with van der Waals surface area (Å²) >= 11 is 0. The van der Waals surface area contributed by atoms with E-state index in [0.29, 0.717) is 11.1 Å². The second-order valence-corrected chi connectivity index (χ2v) is 5.46. The van der Waals surface area contributed by atoms with Crippen LogP contribution in [0.5, 0.6) is 0 Å². The van der Waals surface area contributed by atoms with Gasteiger partial charge in [0.05, 0.1) is 0 Å². The first-order valence-corrected chi connectivity index (χ1v) is 6.59. The molecule has 0 amide bonds. The van der Waals surface area contributed by atoms with Gasteiger partial charge >= 0.3 is 0 Å². The van der Waals surface area contributed by atoms with Crippen molar-refractivity contribution in [1.82, 2.24) is 4.98 Å². The predicted octanol–water partition coefficient (Wildman–Crippen LogP) is 2.38. The third kappa shape index (κ3) is 2.63. The van der Waals surface area contributed by atoms with Crippen LogP contribution in [0.1, 0.15) is 38.8 Å². The molecule has 1 aliphatic heterocycles. The molecule has 1 fully saturated rings. The van der Waals surface area contributed by atoms with Gasteiger partial charge < -0.3 is 10.6 Å². The lowest BCUT2D eigenvalue weighted by atomic mass is 9.78. The van der Waals surface area contributed by atoms with Crippen LogP contribution in [0.25, 0.3) is 0 Å². The first kappa shape index (κ1) is 12.9. The summed E-state index contributed by atoms with van der Waals surface area (Å²) in [6.07, 6.45) is 5.43. The predicted molar refractivity (Wildman–Crippen MR) is 75.1 cm³/mol. The zero-order chi connectivity index (χ0) is 13.2. The second kappa shape index (κ2) is 4.96. The van der Waals surface area contributed by atoms with E-state index in [1.807, 2.05) is 12.1 Å². The molecule has 0 aliphatic carbocycles. The molecule has 1 aliphatic rings. The molecule has 0 radical (unpaired) electrons. The van der Waals surface area contributed by atoms with Gasteiger partial charge in [-0.2, -0.15) is 0 Å². The molecule has 2 rings (SSSR count). The second-order valence-electron chi connectivity index (χ2n) is 5.46. The van der Waals surface area contributed by atoms with E-state index >= 15 is 0 Å². The van der Waals surface area contributed by atoms with Gasteiger partial charge in [-0.1, -0.05) is 20.3 Å². The summed E-state index contributed by atoms with van der Waals surface area (Å²) in [6.45, 7) is 6.80. The van der Waals surface area contributed by atoms with Crippen molar-refractivity contribution in [2.24, 2.45) is 11.1 Å². The number of pyridine rings is 1. The number of nitrogens with two attached hydrogens (primary N) is 1. The number of aromatic nitrogens is 1. The number of amidine groups is 1. The van der Waals surface area contributed by atoms with Crippen molar-refractivity contribution in [3.05, 3.63) is 24.0 Å². The highest BCUT2D eigenvalue weighted by Gasteiger charge is 2.28. The summed E-state index contributed by atoms with van der Waals surface area (Å²) in [5.74, 6) is 0.0345. The van der Waals surface area contributed by atoms with E-state index in [0.717, 1.165) is 18.8 Å². The first-order valence-electron chi connectivity index (χ1n) is 6.59. The Morgan fingerprint density at radius 3 is 2.72 bits per heavy atom. The number of rotatable bonds is 3. The lowest BCUT2D eigenvalue weighted by molar-refractivity contribution is 0.238. The van der Waals surface area contributed by atoms with Crippen LogP contribution in [0.2, 0.25) is 0 Å². The number of nitrogens with zero attached hydrogens (tertiary/aromatic N) is 2. The molecule has 0 bridgehead atoms. The maximum atomic E-state index is 7.44. The molecule has 4 heteroatoms. The highest BCUT2D eigenvalue weighted by Crippen LogP contribution is 2.35. The SMILES string of the molecule is CCC1(C)CCN(c2ccnc(C(=N)N)c2)CC1. The van der Waals surface area contributed by atoms with Gasteiger partial charge in [0.25, 0.3) is 0 Å². The lowest BCUT2D eigenvalue weighted by Gasteiger charge is -2.40. The van der Waals surface area contributed by atoms with Crippen molar-refractivity contribution in [2.75, 3.05) is 18.0 Å². The fourth-order valence-corrected chi connectivity index (χ4v) is 2.42. The van der Waals surface area contributed by atoms with E-state index in [1.54, 1.807) is 6.20 Å². The van der Waals surface area contributed by atoms with E-state index in [1.165, 1.54) is 19.3 Å². The minimum absolute atomic E-state index is 0.0345. The number of piperidine rings is 1. The molecule has 1 saturated heterocycles. The van der Waals surface area contributed by atoms with Gasteiger partial charge in [-0.15, -0.1) is 0 Å². The monoisotopic (exact) mass is 246 g/mol. The summed E-state index contributed by atoms with van der Waals surface area (Å²) in [5.41, 5.74) is 7.67. The molecular weight excluding hydrogens is 224 g/mol. The molecule has 18 heavy (non-hydrogen) atoms. The molecule has 1 aromatic rings. The molecular formula is C14H22N4. The molecule has 0 spiro atoms. The standard InChI is InChI=1S/C14H22N4/c1-3-14(2)5-8-18(9-6-14)11-4-7-17-12(10-11)13(15)16/h4,7,10H,3,5-6,8-9H2,1-2H3,(H3,15,16). The largest absolute Gasteiger partial charge is 0.382 e. The number of hydrogen-bond donors (Lipinski definition) is 2. The van der Waals surface area contributed by atoms with Gasteiger partial charge in [0, 0.05) is 25.0 Å². The van der Waals surface area contributed by atoms with Gasteiger partial charge in [-0.3, -0.25) is 10.4 Å². The van der Waals surface area contributed by atoms with Gasteiger partial charge in [0.2, 0.25) is 0 Å². The first-order chi connectivity index (χ1) is 8.54. The number of nitrogen functional groups attached to an aromatic ring is 1. The Morgan fingerprint density at radius 2 is 2.17 bits per heavy atom. The Labute approximate surface area is 109 Å². The van der Waals surface area contributed by atoms with Crippen molar-refractivity contribution in [3.8, 4) is 0 Å². The maximum absolute atomic E-state index is 7.44. The number of nitrogens with one attached hydrogen (secondary N) is 1. The topological polar surface area (TPSA) is 66.0 Å². The maximum Gasteiger partial charge on any atom is 0.141 e. The van der Waals surface area contributed by atoms with Crippen molar-refractivity contribution in [3.63, 3.8) is 0 Å². The molecule has 0 atom stereocenters. The Morgan fingerprint density at radius 1 is 1.50 bits per heavy atom. The third-order valence-electron chi connectivity index (χ3n) is 4.21. The van der Waals surface area contributed by atoms with Crippen LogP contribution in [0, 0.1) is 10.8 Å². The van der Waals surface area contributed by atoms with Crippen molar-refractivity contribution in [1.29, 1.82) is 5.41 Å². The molecule has 0 aromatic carbocycles. The van der Waals surface area contributed by atoms with Gasteiger partial charge in [0.1, 0.15) is 11.5 Å². The number of hydrogen-bond acceptors (Lipinski definition) is 3. The normalized spacial score (nSPS) is 18.7. The summed E-state index contributed by atoms with van der Waals surface area (Å²) in [6, 6.07) is 3.91. The minimum atomic E-state index is 0.0345. The number of anilines is 1. The van der Waals surface area contributed by atoms with Gasteiger partial charge in [-0.05, 0) is 30.4 Å².